The topological polar surface area (TPSA) is 67.6 Å². The summed E-state index contributed by atoms with van der Waals surface area (Å²) in [5.74, 6) is -0.245. The van der Waals surface area contributed by atoms with Crippen molar-refractivity contribution in [1.29, 1.82) is 0 Å². The summed E-state index contributed by atoms with van der Waals surface area (Å²) < 4.78 is 11.3. The molecule has 1 aliphatic heterocycles. The van der Waals surface area contributed by atoms with E-state index in [0.717, 1.165) is 40.7 Å². The van der Waals surface area contributed by atoms with Crippen molar-refractivity contribution >= 4 is 39.2 Å². The first-order valence-corrected chi connectivity index (χ1v) is 9.29. The Morgan fingerprint density at radius 1 is 0.964 bits per heavy atom. The normalized spacial score (nSPS) is 14.5. The zero-order valence-electron chi connectivity index (χ0n) is 15.2. The van der Waals surface area contributed by atoms with Crippen LogP contribution in [-0.2, 0) is 4.74 Å². The SMILES string of the molecule is O=C(Nc1ccc2c(c1)oc1ccccc12)c1cc(N2CCOCC2)ccn1. The smallest absolute Gasteiger partial charge is 0.274 e. The van der Waals surface area contributed by atoms with Gasteiger partial charge in [-0.3, -0.25) is 9.78 Å². The minimum Gasteiger partial charge on any atom is -0.456 e. The van der Waals surface area contributed by atoms with Gasteiger partial charge in [-0.25, -0.2) is 0 Å². The molecular weight excluding hydrogens is 354 g/mol. The molecule has 1 fully saturated rings. The zero-order valence-corrected chi connectivity index (χ0v) is 15.2. The van der Waals surface area contributed by atoms with Crippen LogP contribution in [0, 0.1) is 0 Å². The number of furan rings is 1. The number of rotatable bonds is 3. The first-order valence-electron chi connectivity index (χ1n) is 9.29. The van der Waals surface area contributed by atoms with E-state index in [1.807, 2.05) is 54.6 Å². The Morgan fingerprint density at radius 3 is 2.68 bits per heavy atom. The van der Waals surface area contributed by atoms with Gasteiger partial charge in [0.1, 0.15) is 16.9 Å². The van der Waals surface area contributed by atoms with E-state index in [0.29, 0.717) is 24.6 Å². The van der Waals surface area contributed by atoms with Crippen molar-refractivity contribution in [3.05, 3.63) is 66.5 Å². The second-order valence-electron chi connectivity index (χ2n) is 6.76. The fourth-order valence-electron chi connectivity index (χ4n) is 3.56. The standard InChI is InChI=1S/C22H19N3O3/c26-22(19-14-16(7-8-23-19)25-9-11-27-12-10-25)24-15-5-6-18-17-3-1-2-4-20(17)28-21(18)13-15/h1-8,13-14H,9-12H2,(H,24,26). The first-order chi connectivity index (χ1) is 13.8. The van der Waals surface area contributed by atoms with Crippen LogP contribution in [0.3, 0.4) is 0 Å². The molecule has 0 radical (unpaired) electrons. The number of anilines is 2. The summed E-state index contributed by atoms with van der Waals surface area (Å²) in [4.78, 5) is 19.1. The molecule has 1 N–H and O–H groups in total. The van der Waals surface area contributed by atoms with Gasteiger partial charge in [0.25, 0.3) is 5.91 Å². The van der Waals surface area contributed by atoms with Crippen LogP contribution >= 0.6 is 0 Å². The van der Waals surface area contributed by atoms with Crippen LogP contribution in [0.4, 0.5) is 11.4 Å². The molecule has 2 aromatic carbocycles. The molecule has 0 spiro atoms. The van der Waals surface area contributed by atoms with Crippen LogP contribution in [0.15, 0.2) is 65.2 Å². The Balaban J connectivity index is 1.39. The van der Waals surface area contributed by atoms with Gasteiger partial charge in [0.2, 0.25) is 0 Å². The molecule has 28 heavy (non-hydrogen) atoms. The van der Waals surface area contributed by atoms with E-state index in [2.05, 4.69) is 15.2 Å². The Bertz CT molecular complexity index is 1160. The van der Waals surface area contributed by atoms with E-state index in [9.17, 15) is 4.79 Å². The second kappa shape index (κ2) is 6.98. The number of nitrogens with one attached hydrogen (secondary N) is 1. The Kier molecular flexibility index (Phi) is 4.18. The highest BCUT2D eigenvalue weighted by atomic mass is 16.5. The van der Waals surface area contributed by atoms with Crippen molar-refractivity contribution in [2.75, 3.05) is 36.5 Å². The third-order valence-corrected chi connectivity index (χ3v) is 4.99. The van der Waals surface area contributed by atoms with E-state index in [1.165, 1.54) is 0 Å². The van der Waals surface area contributed by atoms with E-state index >= 15 is 0 Å². The quantitative estimate of drug-likeness (QED) is 0.586. The molecule has 5 rings (SSSR count). The molecule has 1 amide bonds. The maximum Gasteiger partial charge on any atom is 0.274 e. The fourth-order valence-corrected chi connectivity index (χ4v) is 3.56. The lowest BCUT2D eigenvalue weighted by molar-refractivity contribution is 0.102. The number of para-hydroxylation sites is 1. The number of benzene rings is 2. The van der Waals surface area contributed by atoms with Gasteiger partial charge in [0.05, 0.1) is 13.2 Å². The third-order valence-electron chi connectivity index (χ3n) is 4.99. The van der Waals surface area contributed by atoms with Gasteiger partial charge in [0, 0.05) is 47.5 Å². The van der Waals surface area contributed by atoms with E-state index in [-0.39, 0.29) is 5.91 Å². The molecule has 3 heterocycles. The number of amides is 1. The minimum absolute atomic E-state index is 0.245. The number of carbonyl (C=O) groups excluding carboxylic acids is 1. The number of hydrogen-bond donors (Lipinski definition) is 1. The summed E-state index contributed by atoms with van der Waals surface area (Å²) in [7, 11) is 0. The van der Waals surface area contributed by atoms with Gasteiger partial charge in [-0.15, -0.1) is 0 Å². The Labute approximate surface area is 161 Å². The number of pyridine rings is 1. The monoisotopic (exact) mass is 373 g/mol. The Hall–Kier alpha value is -3.38. The summed E-state index contributed by atoms with van der Waals surface area (Å²) in [6.45, 7) is 3.02. The van der Waals surface area contributed by atoms with Gasteiger partial charge >= 0.3 is 0 Å². The maximum atomic E-state index is 12.7. The highest BCUT2D eigenvalue weighted by molar-refractivity contribution is 6.08. The largest absolute Gasteiger partial charge is 0.456 e. The van der Waals surface area contributed by atoms with E-state index < -0.39 is 0 Å². The summed E-state index contributed by atoms with van der Waals surface area (Å²) in [5, 5.41) is 5.01. The predicted octanol–water partition coefficient (Wildman–Crippen LogP) is 4.07. The first kappa shape index (κ1) is 16.8. The van der Waals surface area contributed by atoms with Crippen molar-refractivity contribution in [3.8, 4) is 0 Å². The molecule has 4 aromatic rings. The Morgan fingerprint density at radius 2 is 1.79 bits per heavy atom. The number of hydrogen-bond acceptors (Lipinski definition) is 5. The third kappa shape index (κ3) is 3.08. The lowest BCUT2D eigenvalue weighted by Gasteiger charge is -2.28. The molecule has 1 aliphatic rings. The maximum absolute atomic E-state index is 12.7. The molecule has 140 valence electrons. The number of morpholine rings is 1. The van der Waals surface area contributed by atoms with Gasteiger partial charge in [-0.2, -0.15) is 0 Å². The van der Waals surface area contributed by atoms with Gasteiger partial charge in [-0.05, 0) is 30.3 Å². The molecule has 0 saturated carbocycles. The predicted molar refractivity (Wildman–Crippen MR) is 109 cm³/mol. The lowest BCUT2D eigenvalue weighted by Crippen LogP contribution is -2.36. The summed E-state index contributed by atoms with van der Waals surface area (Å²) in [5.41, 5.74) is 3.62. The number of ether oxygens (including phenoxy) is 1. The van der Waals surface area contributed by atoms with E-state index in [1.54, 1.807) is 6.20 Å². The molecule has 0 bridgehead atoms. The van der Waals surface area contributed by atoms with Crippen LogP contribution in [0.2, 0.25) is 0 Å². The van der Waals surface area contributed by atoms with Crippen LogP contribution in [0.5, 0.6) is 0 Å². The summed E-state index contributed by atoms with van der Waals surface area (Å²) >= 11 is 0. The van der Waals surface area contributed by atoms with Crippen molar-refractivity contribution in [2.45, 2.75) is 0 Å². The van der Waals surface area contributed by atoms with Crippen LogP contribution in [0.1, 0.15) is 10.5 Å². The molecule has 1 saturated heterocycles. The second-order valence-corrected chi connectivity index (χ2v) is 6.76. The van der Waals surface area contributed by atoms with Crippen molar-refractivity contribution < 1.29 is 13.9 Å². The number of carbonyl (C=O) groups is 1. The number of nitrogens with zero attached hydrogens (tertiary/aromatic N) is 2. The van der Waals surface area contributed by atoms with Crippen LogP contribution in [-0.4, -0.2) is 37.2 Å². The highest BCUT2D eigenvalue weighted by Gasteiger charge is 2.15. The zero-order chi connectivity index (χ0) is 18.9. The molecule has 0 aliphatic carbocycles. The van der Waals surface area contributed by atoms with Crippen LogP contribution < -0.4 is 10.2 Å². The van der Waals surface area contributed by atoms with E-state index in [4.69, 9.17) is 9.15 Å². The van der Waals surface area contributed by atoms with Crippen molar-refractivity contribution in [2.24, 2.45) is 0 Å². The average molecular weight is 373 g/mol. The minimum atomic E-state index is -0.245. The number of fused-ring (bicyclic) bond motifs is 3. The summed E-state index contributed by atoms with van der Waals surface area (Å²) in [6.07, 6.45) is 1.67. The average Bonchev–Trinajstić information content (AvgIpc) is 3.12. The van der Waals surface area contributed by atoms with Gasteiger partial charge < -0.3 is 19.4 Å². The molecule has 6 heteroatoms. The number of aromatic nitrogens is 1. The molecule has 6 nitrogen and oxygen atoms in total. The highest BCUT2D eigenvalue weighted by Crippen LogP contribution is 2.30. The molecule has 2 aromatic heterocycles. The molecule has 0 atom stereocenters. The lowest BCUT2D eigenvalue weighted by atomic mass is 10.1. The summed E-state index contributed by atoms with van der Waals surface area (Å²) in [6, 6.07) is 17.3. The van der Waals surface area contributed by atoms with Crippen LogP contribution in [0.25, 0.3) is 21.9 Å². The van der Waals surface area contributed by atoms with Gasteiger partial charge in [0.15, 0.2) is 0 Å². The van der Waals surface area contributed by atoms with Gasteiger partial charge in [-0.1, -0.05) is 18.2 Å². The van der Waals surface area contributed by atoms with Crippen molar-refractivity contribution in [1.82, 2.24) is 4.98 Å². The fraction of sp³-hybridized carbons (Fsp3) is 0.182. The molecular formula is C22H19N3O3. The van der Waals surface area contributed by atoms with Crippen molar-refractivity contribution in [3.63, 3.8) is 0 Å². The molecule has 0 unspecified atom stereocenters.